The molecule has 0 aliphatic carbocycles. The van der Waals surface area contributed by atoms with Gasteiger partial charge in [-0.1, -0.05) is 230 Å². The number of carbonyl (C=O) groups excluding carboxylic acids is 3. The summed E-state index contributed by atoms with van der Waals surface area (Å²) in [6.07, 6.45) is 68.1. The molecule has 0 aliphatic rings. The van der Waals surface area contributed by atoms with Crippen molar-refractivity contribution < 1.29 is 28.6 Å². The van der Waals surface area contributed by atoms with Gasteiger partial charge in [-0.25, -0.2) is 0 Å². The maximum Gasteiger partial charge on any atom is 0.306 e. The molecule has 0 aliphatic heterocycles. The first-order valence-electron chi connectivity index (χ1n) is 29.1. The third-order valence-electron chi connectivity index (χ3n) is 12.8. The molecule has 0 saturated heterocycles. The van der Waals surface area contributed by atoms with Gasteiger partial charge in [0.15, 0.2) is 6.10 Å². The molecule has 67 heavy (non-hydrogen) atoms. The van der Waals surface area contributed by atoms with Crippen LogP contribution in [0.1, 0.15) is 303 Å². The molecular formula is C61H110O6. The molecule has 1 atom stereocenters. The quantitative estimate of drug-likeness (QED) is 0.0262. The van der Waals surface area contributed by atoms with Gasteiger partial charge in [-0.15, -0.1) is 0 Å². The Bertz CT molecular complexity index is 1170. The van der Waals surface area contributed by atoms with E-state index < -0.39 is 6.10 Å². The van der Waals surface area contributed by atoms with E-state index in [-0.39, 0.29) is 31.1 Å². The first-order valence-corrected chi connectivity index (χ1v) is 29.1. The molecule has 0 heterocycles. The lowest BCUT2D eigenvalue weighted by Gasteiger charge is -2.18. The molecule has 0 bridgehead atoms. The Labute approximate surface area is 416 Å². The highest BCUT2D eigenvalue weighted by atomic mass is 16.6. The van der Waals surface area contributed by atoms with Crippen LogP contribution in [0.3, 0.4) is 0 Å². The summed E-state index contributed by atoms with van der Waals surface area (Å²) in [5, 5.41) is 0. The smallest absolute Gasteiger partial charge is 0.306 e. The van der Waals surface area contributed by atoms with Crippen molar-refractivity contribution >= 4 is 17.9 Å². The van der Waals surface area contributed by atoms with E-state index in [1.54, 1.807) is 0 Å². The van der Waals surface area contributed by atoms with Crippen molar-refractivity contribution in [2.24, 2.45) is 0 Å². The summed E-state index contributed by atoms with van der Waals surface area (Å²) in [7, 11) is 0. The number of allylic oxidation sites excluding steroid dienone is 8. The molecule has 0 aromatic carbocycles. The molecule has 6 nitrogen and oxygen atoms in total. The Hall–Kier alpha value is -2.63. The molecule has 0 amide bonds. The van der Waals surface area contributed by atoms with Gasteiger partial charge < -0.3 is 14.2 Å². The van der Waals surface area contributed by atoms with Crippen molar-refractivity contribution in [2.45, 2.75) is 309 Å². The van der Waals surface area contributed by atoms with Crippen LogP contribution in [0.2, 0.25) is 0 Å². The number of unbranched alkanes of at least 4 members (excludes halogenated alkanes) is 34. The normalized spacial score (nSPS) is 12.3. The number of ether oxygens (including phenoxy) is 3. The molecule has 0 rings (SSSR count). The third-order valence-corrected chi connectivity index (χ3v) is 12.8. The number of rotatable bonds is 53. The Morgan fingerprint density at radius 1 is 0.299 bits per heavy atom. The lowest BCUT2D eigenvalue weighted by molar-refractivity contribution is -0.167. The predicted molar refractivity (Wildman–Crippen MR) is 289 cm³/mol. The van der Waals surface area contributed by atoms with Crippen LogP contribution in [0.15, 0.2) is 48.6 Å². The van der Waals surface area contributed by atoms with Gasteiger partial charge in [0.1, 0.15) is 13.2 Å². The van der Waals surface area contributed by atoms with Crippen LogP contribution in [0, 0.1) is 0 Å². The first kappa shape index (κ1) is 64.4. The highest BCUT2D eigenvalue weighted by Gasteiger charge is 2.19. The maximum atomic E-state index is 12.8. The van der Waals surface area contributed by atoms with E-state index in [2.05, 4.69) is 69.4 Å². The molecule has 0 unspecified atom stereocenters. The number of esters is 3. The Morgan fingerprint density at radius 2 is 0.537 bits per heavy atom. The van der Waals surface area contributed by atoms with Crippen LogP contribution < -0.4 is 0 Å². The van der Waals surface area contributed by atoms with Gasteiger partial charge in [0.05, 0.1) is 0 Å². The minimum absolute atomic E-state index is 0.0784. The van der Waals surface area contributed by atoms with Gasteiger partial charge in [0, 0.05) is 19.3 Å². The maximum absolute atomic E-state index is 12.8. The van der Waals surface area contributed by atoms with Gasteiger partial charge in [-0.05, 0) is 103 Å². The van der Waals surface area contributed by atoms with Gasteiger partial charge >= 0.3 is 17.9 Å². The van der Waals surface area contributed by atoms with Crippen LogP contribution in [-0.4, -0.2) is 37.2 Å². The molecule has 6 heteroatoms. The minimum atomic E-state index is -0.780. The molecule has 0 aromatic heterocycles. The molecule has 0 saturated carbocycles. The highest BCUT2D eigenvalue weighted by Crippen LogP contribution is 2.15. The number of carbonyl (C=O) groups is 3. The van der Waals surface area contributed by atoms with E-state index in [1.165, 1.54) is 186 Å². The molecule has 0 N–H and O–H groups in total. The zero-order chi connectivity index (χ0) is 48.6. The van der Waals surface area contributed by atoms with E-state index in [1.807, 2.05) is 0 Å². The lowest BCUT2D eigenvalue weighted by Crippen LogP contribution is -2.30. The predicted octanol–water partition coefficient (Wildman–Crippen LogP) is 19.4. The van der Waals surface area contributed by atoms with Gasteiger partial charge in [-0.2, -0.15) is 0 Å². The fraction of sp³-hybridized carbons (Fsp3) is 0.820. The molecule has 0 spiro atoms. The largest absolute Gasteiger partial charge is 0.462 e. The summed E-state index contributed by atoms with van der Waals surface area (Å²) in [5.41, 5.74) is 0. The second-order valence-electron chi connectivity index (χ2n) is 19.5. The fourth-order valence-electron chi connectivity index (χ4n) is 8.35. The standard InChI is InChI=1S/C61H110O6/c1-4-7-10-13-16-19-22-25-27-29-30-32-34-37-39-42-45-48-51-54-60(63)66-57-58(67-61(64)55-52-49-46-43-40-35-24-21-18-15-12-9-6-3)56-65-59(62)53-50-47-44-41-38-36-33-31-28-26-23-20-17-14-11-8-5-2/h16,19,21,24-28,58H,4-15,17-18,20,22-23,29-57H2,1-3H3/b19-16-,24-21-,27-25-,28-26-/t58-/m0/s1. The van der Waals surface area contributed by atoms with Crippen molar-refractivity contribution in [2.75, 3.05) is 13.2 Å². The van der Waals surface area contributed by atoms with Crippen molar-refractivity contribution in [3.8, 4) is 0 Å². The highest BCUT2D eigenvalue weighted by molar-refractivity contribution is 5.71. The monoisotopic (exact) mass is 939 g/mol. The van der Waals surface area contributed by atoms with Gasteiger partial charge in [0.2, 0.25) is 0 Å². The summed E-state index contributed by atoms with van der Waals surface area (Å²) >= 11 is 0. The minimum Gasteiger partial charge on any atom is -0.462 e. The van der Waals surface area contributed by atoms with Crippen LogP contribution >= 0.6 is 0 Å². The molecule has 390 valence electrons. The van der Waals surface area contributed by atoms with Crippen molar-refractivity contribution in [1.82, 2.24) is 0 Å². The van der Waals surface area contributed by atoms with Crippen molar-refractivity contribution in [3.05, 3.63) is 48.6 Å². The Morgan fingerprint density at radius 3 is 0.881 bits per heavy atom. The van der Waals surface area contributed by atoms with Crippen LogP contribution in [0.4, 0.5) is 0 Å². The van der Waals surface area contributed by atoms with Crippen molar-refractivity contribution in [1.29, 1.82) is 0 Å². The second kappa shape index (κ2) is 56.0. The topological polar surface area (TPSA) is 78.9 Å². The average Bonchev–Trinajstić information content (AvgIpc) is 3.33. The van der Waals surface area contributed by atoms with Gasteiger partial charge in [0.25, 0.3) is 0 Å². The van der Waals surface area contributed by atoms with E-state index in [4.69, 9.17) is 14.2 Å². The zero-order valence-corrected chi connectivity index (χ0v) is 44.7. The van der Waals surface area contributed by atoms with E-state index >= 15 is 0 Å². The van der Waals surface area contributed by atoms with E-state index in [0.29, 0.717) is 19.3 Å². The van der Waals surface area contributed by atoms with Crippen LogP contribution in [0.5, 0.6) is 0 Å². The van der Waals surface area contributed by atoms with Gasteiger partial charge in [-0.3, -0.25) is 14.4 Å². The molecule has 0 radical (unpaired) electrons. The first-order chi connectivity index (χ1) is 33.0. The number of hydrogen-bond donors (Lipinski definition) is 0. The Balaban J connectivity index is 4.34. The average molecular weight is 940 g/mol. The summed E-state index contributed by atoms with van der Waals surface area (Å²) in [4.78, 5) is 38.1. The SMILES string of the molecule is CCCCC/C=C\C/C=C\CCCCCCCCCCCC(=O)OC[C@H](COC(=O)CCCCCCCCC/C=C\CCCCCCCC)OC(=O)CCCCCCC/C=C\CCCCCC. The van der Waals surface area contributed by atoms with Crippen molar-refractivity contribution in [3.63, 3.8) is 0 Å². The van der Waals surface area contributed by atoms with E-state index in [9.17, 15) is 14.4 Å². The number of hydrogen-bond acceptors (Lipinski definition) is 6. The van der Waals surface area contributed by atoms with Crippen LogP contribution in [0.25, 0.3) is 0 Å². The lowest BCUT2D eigenvalue weighted by atomic mass is 10.1. The summed E-state index contributed by atoms with van der Waals surface area (Å²) in [6, 6.07) is 0. The van der Waals surface area contributed by atoms with Crippen LogP contribution in [-0.2, 0) is 28.6 Å². The zero-order valence-electron chi connectivity index (χ0n) is 44.7. The fourth-order valence-corrected chi connectivity index (χ4v) is 8.35. The Kier molecular flexibility index (Phi) is 53.8. The summed E-state index contributed by atoms with van der Waals surface area (Å²) in [6.45, 7) is 6.61. The molecule has 0 aromatic rings. The van der Waals surface area contributed by atoms with E-state index in [0.717, 1.165) is 77.0 Å². The molecular weight excluding hydrogens is 829 g/mol. The summed E-state index contributed by atoms with van der Waals surface area (Å²) in [5.74, 6) is -0.883. The molecule has 0 fully saturated rings. The third kappa shape index (κ3) is 54.2. The second-order valence-corrected chi connectivity index (χ2v) is 19.5. The summed E-state index contributed by atoms with van der Waals surface area (Å²) < 4.78 is 16.9.